The van der Waals surface area contributed by atoms with Crippen LogP contribution in [0.5, 0.6) is 0 Å². The summed E-state index contributed by atoms with van der Waals surface area (Å²) in [6, 6.07) is 1.47. The highest BCUT2D eigenvalue weighted by Crippen LogP contribution is 2.38. The van der Waals surface area contributed by atoms with Crippen molar-refractivity contribution in [3.05, 3.63) is 34.9 Å². The van der Waals surface area contributed by atoms with Crippen molar-refractivity contribution >= 4 is 6.29 Å². The number of hydrogen-bond donors (Lipinski definition) is 0. The van der Waals surface area contributed by atoms with Crippen LogP contribution in [0.25, 0.3) is 0 Å². The van der Waals surface area contributed by atoms with Gasteiger partial charge in [0.05, 0.1) is 11.1 Å². The molecule has 0 heterocycles. The van der Waals surface area contributed by atoms with Gasteiger partial charge in [-0.2, -0.15) is 26.3 Å². The molecule has 1 nitrogen and oxygen atoms in total. The zero-order valence-electron chi connectivity index (χ0n) is 7.49. The molecule has 0 radical (unpaired) electrons. The van der Waals surface area contributed by atoms with Crippen LogP contribution < -0.4 is 0 Å². The van der Waals surface area contributed by atoms with Crippen molar-refractivity contribution in [1.82, 2.24) is 0 Å². The third kappa shape index (κ3) is 2.34. The van der Waals surface area contributed by atoms with Crippen molar-refractivity contribution < 1.29 is 31.1 Å². The van der Waals surface area contributed by atoms with Gasteiger partial charge in [0.1, 0.15) is 0 Å². The summed E-state index contributed by atoms with van der Waals surface area (Å²) in [5, 5.41) is 0. The number of carbonyl (C=O) groups is 1. The first-order valence-electron chi connectivity index (χ1n) is 3.90. The fourth-order valence-electron chi connectivity index (χ4n) is 1.19. The molecule has 0 atom stereocenters. The van der Waals surface area contributed by atoms with Gasteiger partial charge in [0.2, 0.25) is 0 Å². The molecule has 0 N–H and O–H groups in total. The van der Waals surface area contributed by atoms with Crippen molar-refractivity contribution in [3.63, 3.8) is 0 Å². The zero-order chi connectivity index (χ0) is 12.6. The lowest BCUT2D eigenvalue weighted by atomic mass is 10.0. The van der Waals surface area contributed by atoms with Crippen LogP contribution in [0.15, 0.2) is 18.2 Å². The van der Waals surface area contributed by atoms with Crippen molar-refractivity contribution in [3.8, 4) is 0 Å². The van der Waals surface area contributed by atoms with E-state index in [1.165, 1.54) is 0 Å². The van der Waals surface area contributed by atoms with Crippen LogP contribution in [0.3, 0.4) is 0 Å². The normalized spacial score (nSPS) is 12.6. The minimum Gasteiger partial charge on any atom is -0.298 e. The number of alkyl halides is 6. The minimum atomic E-state index is -4.99. The van der Waals surface area contributed by atoms with E-state index in [0.29, 0.717) is 18.2 Å². The van der Waals surface area contributed by atoms with Gasteiger partial charge < -0.3 is 0 Å². The number of halogens is 6. The lowest BCUT2D eigenvalue weighted by Gasteiger charge is -2.14. The fraction of sp³-hybridized carbons (Fsp3) is 0.222. The molecule has 1 aromatic rings. The Balaban J connectivity index is 3.51. The van der Waals surface area contributed by atoms with Gasteiger partial charge in [-0.05, 0) is 12.1 Å². The third-order valence-electron chi connectivity index (χ3n) is 1.83. The Morgan fingerprint density at radius 1 is 0.875 bits per heavy atom. The Morgan fingerprint density at radius 2 is 1.25 bits per heavy atom. The van der Waals surface area contributed by atoms with Crippen LogP contribution in [0.1, 0.15) is 21.5 Å². The summed E-state index contributed by atoms with van der Waals surface area (Å²) in [7, 11) is 0. The largest absolute Gasteiger partial charge is 0.417 e. The number of rotatable bonds is 1. The molecule has 7 heteroatoms. The molecule has 0 aliphatic heterocycles. The van der Waals surface area contributed by atoms with Gasteiger partial charge in [0.15, 0.2) is 6.29 Å². The predicted molar refractivity (Wildman–Crippen MR) is 41.8 cm³/mol. The van der Waals surface area contributed by atoms with Crippen LogP contribution in [0, 0.1) is 0 Å². The Labute approximate surface area is 85.7 Å². The summed E-state index contributed by atoms with van der Waals surface area (Å²) < 4.78 is 73.7. The van der Waals surface area contributed by atoms with Gasteiger partial charge in [-0.15, -0.1) is 0 Å². The van der Waals surface area contributed by atoms with Gasteiger partial charge in [-0.1, -0.05) is 6.07 Å². The zero-order valence-corrected chi connectivity index (χ0v) is 7.49. The molecule has 0 unspecified atom stereocenters. The first-order valence-corrected chi connectivity index (χ1v) is 3.90. The SMILES string of the molecule is O=Cc1c(C(F)(F)F)cccc1C(F)(F)F. The van der Waals surface area contributed by atoms with E-state index < -0.39 is 35.3 Å². The molecule has 1 aromatic carbocycles. The number of carbonyl (C=O) groups excluding carboxylic acids is 1. The quantitative estimate of drug-likeness (QED) is 0.543. The van der Waals surface area contributed by atoms with E-state index in [-0.39, 0.29) is 0 Å². The lowest BCUT2D eigenvalue weighted by Crippen LogP contribution is -2.15. The summed E-state index contributed by atoms with van der Waals surface area (Å²) in [6.07, 6.45) is -10.4. The van der Waals surface area contributed by atoms with Crippen molar-refractivity contribution in [2.24, 2.45) is 0 Å². The summed E-state index contributed by atoms with van der Waals surface area (Å²) in [5.41, 5.74) is -4.56. The lowest BCUT2D eigenvalue weighted by molar-refractivity contribution is -0.143. The third-order valence-corrected chi connectivity index (χ3v) is 1.83. The van der Waals surface area contributed by atoms with E-state index in [9.17, 15) is 31.1 Å². The van der Waals surface area contributed by atoms with E-state index in [1.54, 1.807) is 0 Å². The maximum Gasteiger partial charge on any atom is 0.417 e. The van der Waals surface area contributed by atoms with Crippen molar-refractivity contribution in [1.29, 1.82) is 0 Å². The molecule has 0 bridgehead atoms. The highest BCUT2D eigenvalue weighted by atomic mass is 19.4. The molecule has 0 amide bonds. The molecule has 0 aliphatic carbocycles. The predicted octanol–water partition coefficient (Wildman–Crippen LogP) is 3.54. The summed E-state index contributed by atoms with van der Waals surface area (Å²) in [4.78, 5) is 10.3. The molecular weight excluding hydrogens is 238 g/mol. The Morgan fingerprint density at radius 3 is 1.50 bits per heavy atom. The molecule has 0 aromatic heterocycles. The van der Waals surface area contributed by atoms with E-state index in [1.807, 2.05) is 0 Å². The number of aldehydes is 1. The van der Waals surface area contributed by atoms with Crippen molar-refractivity contribution in [2.75, 3.05) is 0 Å². The second-order valence-corrected chi connectivity index (χ2v) is 2.88. The maximum atomic E-state index is 12.3. The van der Waals surface area contributed by atoms with Gasteiger partial charge in [0.25, 0.3) is 0 Å². The first kappa shape index (κ1) is 12.5. The highest BCUT2D eigenvalue weighted by molar-refractivity contribution is 5.80. The standard InChI is InChI=1S/C9H4F6O/c10-8(11,12)6-2-1-3-7(5(6)4-16)9(13,14)15/h1-4H. The smallest absolute Gasteiger partial charge is 0.298 e. The van der Waals surface area contributed by atoms with Crippen LogP contribution in [-0.2, 0) is 12.4 Å². The Kier molecular flexibility index (Phi) is 2.98. The average Bonchev–Trinajstić information content (AvgIpc) is 2.13. The van der Waals surface area contributed by atoms with Crippen LogP contribution in [-0.4, -0.2) is 6.29 Å². The molecule has 0 fully saturated rings. The van der Waals surface area contributed by atoms with E-state index in [4.69, 9.17) is 0 Å². The molecule has 0 saturated carbocycles. The highest BCUT2D eigenvalue weighted by Gasteiger charge is 2.40. The number of benzene rings is 1. The summed E-state index contributed by atoms with van der Waals surface area (Å²) in [6.45, 7) is 0. The Bertz CT molecular complexity index is 371. The van der Waals surface area contributed by atoms with Gasteiger partial charge in [0, 0.05) is 5.56 Å². The molecule has 16 heavy (non-hydrogen) atoms. The first-order chi connectivity index (χ1) is 7.18. The summed E-state index contributed by atoms with van der Waals surface area (Å²) in [5.74, 6) is 0. The van der Waals surface area contributed by atoms with Crippen LogP contribution in [0.2, 0.25) is 0 Å². The van der Waals surface area contributed by atoms with E-state index >= 15 is 0 Å². The molecule has 0 spiro atoms. The van der Waals surface area contributed by atoms with Crippen LogP contribution >= 0.6 is 0 Å². The molecular formula is C9H4F6O. The monoisotopic (exact) mass is 242 g/mol. The molecule has 1 rings (SSSR count). The molecule has 0 saturated heterocycles. The maximum absolute atomic E-state index is 12.3. The van der Waals surface area contributed by atoms with E-state index in [0.717, 1.165) is 0 Å². The molecule has 0 aliphatic rings. The topological polar surface area (TPSA) is 17.1 Å². The fourth-order valence-corrected chi connectivity index (χ4v) is 1.19. The van der Waals surface area contributed by atoms with Crippen molar-refractivity contribution in [2.45, 2.75) is 12.4 Å². The minimum absolute atomic E-state index is 0.430. The average molecular weight is 242 g/mol. The second-order valence-electron chi connectivity index (χ2n) is 2.88. The van der Waals surface area contributed by atoms with Gasteiger partial charge in [-0.3, -0.25) is 4.79 Å². The number of hydrogen-bond acceptors (Lipinski definition) is 1. The van der Waals surface area contributed by atoms with E-state index in [2.05, 4.69) is 0 Å². The molecule has 88 valence electrons. The Hall–Kier alpha value is -1.53. The summed E-state index contributed by atoms with van der Waals surface area (Å²) >= 11 is 0. The van der Waals surface area contributed by atoms with Crippen LogP contribution in [0.4, 0.5) is 26.3 Å². The van der Waals surface area contributed by atoms with Gasteiger partial charge >= 0.3 is 12.4 Å². The second kappa shape index (κ2) is 3.80. The van der Waals surface area contributed by atoms with Gasteiger partial charge in [-0.25, -0.2) is 0 Å².